The van der Waals surface area contributed by atoms with E-state index >= 15 is 0 Å². The van der Waals surface area contributed by atoms with Gasteiger partial charge in [0.1, 0.15) is 0 Å². The molecule has 24 heavy (non-hydrogen) atoms. The Balaban J connectivity index is 1.81. The number of amides is 2. The van der Waals surface area contributed by atoms with Crippen LogP contribution in [0.5, 0.6) is 0 Å². The van der Waals surface area contributed by atoms with E-state index in [4.69, 9.17) is 0 Å². The second-order valence-electron chi connectivity index (χ2n) is 6.69. The predicted octanol–water partition coefficient (Wildman–Crippen LogP) is 2.72. The van der Waals surface area contributed by atoms with Gasteiger partial charge in [0.2, 0.25) is 0 Å². The number of urea groups is 1. The molecule has 2 heterocycles. The van der Waals surface area contributed by atoms with Gasteiger partial charge in [-0.2, -0.15) is 5.10 Å². The van der Waals surface area contributed by atoms with E-state index in [-0.39, 0.29) is 11.9 Å². The van der Waals surface area contributed by atoms with Crippen molar-refractivity contribution in [2.75, 3.05) is 18.4 Å². The van der Waals surface area contributed by atoms with Gasteiger partial charge >= 0.3 is 6.03 Å². The zero-order valence-electron chi connectivity index (χ0n) is 14.4. The second-order valence-corrected chi connectivity index (χ2v) is 6.69. The first kappa shape index (κ1) is 16.5. The molecule has 3 rings (SSSR count). The molecule has 6 heteroatoms. The highest BCUT2D eigenvalue weighted by Crippen LogP contribution is 2.23. The third kappa shape index (κ3) is 3.43. The summed E-state index contributed by atoms with van der Waals surface area (Å²) >= 11 is 0. The molecule has 1 aromatic heterocycles. The van der Waals surface area contributed by atoms with Crippen molar-refractivity contribution in [1.29, 1.82) is 0 Å². The van der Waals surface area contributed by atoms with Gasteiger partial charge in [-0.15, -0.1) is 0 Å². The average Bonchev–Trinajstić information content (AvgIpc) is 2.96. The fraction of sp³-hybridized carbons (Fsp3) is 0.444. The molecular formula is C18H24N4O2. The summed E-state index contributed by atoms with van der Waals surface area (Å²) in [5.74, 6) is 0.232. The molecule has 0 radical (unpaired) electrons. The van der Waals surface area contributed by atoms with Gasteiger partial charge in [-0.05, 0) is 49.4 Å². The van der Waals surface area contributed by atoms with Crippen LogP contribution in [0.3, 0.4) is 0 Å². The van der Waals surface area contributed by atoms with Crippen LogP contribution in [0.15, 0.2) is 30.6 Å². The fourth-order valence-electron chi connectivity index (χ4n) is 2.92. The molecular weight excluding hydrogens is 304 g/mol. The van der Waals surface area contributed by atoms with E-state index in [9.17, 15) is 9.90 Å². The van der Waals surface area contributed by atoms with Gasteiger partial charge in [0.25, 0.3) is 0 Å². The number of hydrogen-bond donors (Lipinski definition) is 2. The number of β-amino-alcohol motifs (C(OH)–C–C–N with tert-alkyl or cyclic N) is 1. The second kappa shape index (κ2) is 6.65. The average molecular weight is 328 g/mol. The van der Waals surface area contributed by atoms with Crippen molar-refractivity contribution in [2.24, 2.45) is 5.92 Å². The van der Waals surface area contributed by atoms with Crippen molar-refractivity contribution in [3.63, 3.8) is 0 Å². The molecule has 128 valence electrons. The number of nitrogens with one attached hydrogen (secondary N) is 1. The minimum Gasteiger partial charge on any atom is -0.391 e. The monoisotopic (exact) mass is 328 g/mol. The highest BCUT2D eigenvalue weighted by molar-refractivity contribution is 5.91. The molecule has 0 spiro atoms. The lowest BCUT2D eigenvalue weighted by Crippen LogP contribution is -2.47. The van der Waals surface area contributed by atoms with Crippen LogP contribution in [-0.2, 0) is 0 Å². The third-order valence-corrected chi connectivity index (χ3v) is 4.56. The first-order valence-corrected chi connectivity index (χ1v) is 8.30. The van der Waals surface area contributed by atoms with E-state index in [2.05, 4.69) is 10.4 Å². The predicted molar refractivity (Wildman–Crippen MR) is 93.4 cm³/mol. The number of aliphatic hydroxyl groups excluding tert-OH is 1. The maximum atomic E-state index is 12.6. The zero-order valence-corrected chi connectivity index (χ0v) is 14.4. The van der Waals surface area contributed by atoms with Crippen LogP contribution in [0.1, 0.15) is 24.5 Å². The summed E-state index contributed by atoms with van der Waals surface area (Å²) in [5, 5.41) is 17.3. The number of aromatic nitrogens is 2. The Morgan fingerprint density at radius 2 is 2.12 bits per heavy atom. The molecule has 2 atom stereocenters. The number of anilines is 1. The molecule has 0 bridgehead atoms. The number of nitrogens with zero attached hydrogens (tertiary/aromatic N) is 3. The SMILES string of the molecule is Cc1ccc(-n2cc(C)cn2)c(NC(=O)N2CCC(C)C(O)C2)c1. The van der Waals surface area contributed by atoms with Gasteiger partial charge in [-0.25, -0.2) is 9.48 Å². The van der Waals surface area contributed by atoms with E-state index in [0.717, 1.165) is 28.9 Å². The van der Waals surface area contributed by atoms with Gasteiger partial charge in [0, 0.05) is 19.3 Å². The minimum absolute atomic E-state index is 0.184. The fourth-order valence-corrected chi connectivity index (χ4v) is 2.92. The summed E-state index contributed by atoms with van der Waals surface area (Å²) in [5.41, 5.74) is 3.66. The summed E-state index contributed by atoms with van der Waals surface area (Å²) in [6.45, 7) is 7.01. The smallest absolute Gasteiger partial charge is 0.321 e. The summed E-state index contributed by atoms with van der Waals surface area (Å²) in [6.07, 6.45) is 4.06. The molecule has 1 aliphatic rings. The standard InChI is InChI=1S/C18H24N4O2/c1-12-4-5-16(22-10-13(2)9-19-22)15(8-12)20-18(24)21-7-6-14(3)17(23)11-21/h4-5,8-10,14,17,23H,6-7,11H2,1-3H3,(H,20,24). The van der Waals surface area contributed by atoms with Crippen LogP contribution in [0.25, 0.3) is 5.69 Å². The van der Waals surface area contributed by atoms with Crippen LogP contribution >= 0.6 is 0 Å². The summed E-state index contributed by atoms with van der Waals surface area (Å²) in [6, 6.07) is 5.70. The van der Waals surface area contributed by atoms with Crippen LogP contribution in [0.4, 0.5) is 10.5 Å². The lowest BCUT2D eigenvalue weighted by atomic mass is 9.96. The molecule has 1 saturated heterocycles. The molecule has 6 nitrogen and oxygen atoms in total. The molecule has 1 aromatic carbocycles. The van der Waals surface area contributed by atoms with Crippen molar-refractivity contribution in [1.82, 2.24) is 14.7 Å². The van der Waals surface area contributed by atoms with E-state index in [0.29, 0.717) is 13.1 Å². The first-order chi connectivity index (χ1) is 11.4. The molecule has 1 fully saturated rings. The third-order valence-electron chi connectivity index (χ3n) is 4.56. The van der Waals surface area contributed by atoms with Crippen molar-refractivity contribution in [2.45, 2.75) is 33.3 Å². The number of carbonyl (C=O) groups excluding carboxylic acids is 1. The van der Waals surface area contributed by atoms with Crippen molar-refractivity contribution < 1.29 is 9.90 Å². The highest BCUT2D eigenvalue weighted by atomic mass is 16.3. The normalized spacial score (nSPS) is 20.9. The van der Waals surface area contributed by atoms with Gasteiger partial charge in [0.05, 0.1) is 23.7 Å². The Bertz CT molecular complexity index is 740. The summed E-state index contributed by atoms with van der Waals surface area (Å²) in [7, 11) is 0. The number of aryl methyl sites for hydroxylation is 2. The van der Waals surface area contributed by atoms with E-state index in [1.807, 2.05) is 45.2 Å². The van der Waals surface area contributed by atoms with Gasteiger partial charge in [-0.3, -0.25) is 0 Å². The molecule has 2 amide bonds. The van der Waals surface area contributed by atoms with Crippen molar-refractivity contribution in [3.8, 4) is 5.69 Å². The number of piperidine rings is 1. The molecule has 2 aromatic rings. The van der Waals surface area contributed by atoms with Crippen LogP contribution in [-0.4, -0.2) is 45.0 Å². The molecule has 0 saturated carbocycles. The lowest BCUT2D eigenvalue weighted by Gasteiger charge is -2.34. The molecule has 1 aliphatic heterocycles. The number of likely N-dealkylation sites (tertiary alicyclic amines) is 1. The number of hydrogen-bond acceptors (Lipinski definition) is 3. The molecule has 2 unspecified atom stereocenters. The minimum atomic E-state index is -0.463. The highest BCUT2D eigenvalue weighted by Gasteiger charge is 2.27. The number of aliphatic hydroxyl groups is 1. The largest absolute Gasteiger partial charge is 0.391 e. The Labute approximate surface area is 142 Å². The van der Waals surface area contributed by atoms with Gasteiger partial charge in [0.15, 0.2) is 0 Å². The Hall–Kier alpha value is -2.34. The van der Waals surface area contributed by atoms with Crippen LogP contribution in [0, 0.1) is 19.8 Å². The Kier molecular flexibility index (Phi) is 4.57. The van der Waals surface area contributed by atoms with Crippen molar-refractivity contribution in [3.05, 3.63) is 41.7 Å². The first-order valence-electron chi connectivity index (χ1n) is 8.30. The quantitative estimate of drug-likeness (QED) is 0.890. The van der Waals surface area contributed by atoms with Gasteiger partial charge < -0.3 is 15.3 Å². The summed E-state index contributed by atoms with van der Waals surface area (Å²) < 4.78 is 1.76. The summed E-state index contributed by atoms with van der Waals surface area (Å²) in [4.78, 5) is 14.3. The number of rotatable bonds is 2. The van der Waals surface area contributed by atoms with E-state index in [1.54, 1.807) is 15.8 Å². The van der Waals surface area contributed by atoms with Crippen LogP contribution < -0.4 is 5.32 Å². The Morgan fingerprint density at radius 1 is 1.33 bits per heavy atom. The Morgan fingerprint density at radius 3 is 2.79 bits per heavy atom. The maximum Gasteiger partial charge on any atom is 0.321 e. The van der Waals surface area contributed by atoms with E-state index in [1.165, 1.54) is 0 Å². The topological polar surface area (TPSA) is 70.4 Å². The van der Waals surface area contributed by atoms with E-state index < -0.39 is 6.10 Å². The molecule has 0 aliphatic carbocycles. The zero-order chi connectivity index (χ0) is 17.3. The van der Waals surface area contributed by atoms with Gasteiger partial charge in [-0.1, -0.05) is 13.0 Å². The number of benzene rings is 1. The number of carbonyl (C=O) groups is 1. The van der Waals surface area contributed by atoms with Crippen molar-refractivity contribution >= 4 is 11.7 Å². The lowest BCUT2D eigenvalue weighted by molar-refractivity contribution is 0.0464. The maximum absolute atomic E-state index is 12.6. The van der Waals surface area contributed by atoms with Crippen LogP contribution in [0.2, 0.25) is 0 Å². The molecule has 2 N–H and O–H groups in total.